The molecule has 1 atom stereocenters. The summed E-state index contributed by atoms with van der Waals surface area (Å²) in [5, 5.41) is 25.6. The number of aromatic hydroxyl groups is 2. The van der Waals surface area contributed by atoms with Crippen LogP contribution in [0.15, 0.2) is 54.6 Å². The number of nitrogens with one attached hydrogen (secondary N) is 1. The molecule has 3 heteroatoms. The number of fused-ring (bicyclic) bond motifs is 2. The van der Waals surface area contributed by atoms with Crippen LogP contribution in [0, 0.1) is 0 Å². The van der Waals surface area contributed by atoms with Gasteiger partial charge in [-0.25, -0.2) is 0 Å². The average molecular weight is 305 g/mol. The molecule has 0 saturated heterocycles. The van der Waals surface area contributed by atoms with Gasteiger partial charge in [0.1, 0.15) is 0 Å². The molecule has 0 radical (unpaired) electrons. The molecule has 3 N–H and O–H groups in total. The Kier molecular flexibility index (Phi) is 3.43. The van der Waals surface area contributed by atoms with Gasteiger partial charge in [0.15, 0.2) is 11.5 Å². The predicted molar refractivity (Wildman–Crippen MR) is 91.9 cm³/mol. The summed E-state index contributed by atoms with van der Waals surface area (Å²) in [6.45, 7) is 0.882. The molecule has 1 aliphatic heterocycles. The Morgan fingerprint density at radius 3 is 2.65 bits per heavy atom. The third-order valence-corrected chi connectivity index (χ3v) is 4.70. The second kappa shape index (κ2) is 5.60. The van der Waals surface area contributed by atoms with Gasteiger partial charge < -0.3 is 15.5 Å². The van der Waals surface area contributed by atoms with Crippen LogP contribution >= 0.6 is 0 Å². The first-order valence-electron chi connectivity index (χ1n) is 7.97. The molecule has 0 spiro atoms. The van der Waals surface area contributed by atoms with E-state index >= 15 is 0 Å². The average Bonchev–Trinajstić information content (AvgIpc) is 2.57. The molecule has 3 aromatic carbocycles. The lowest BCUT2D eigenvalue weighted by Crippen LogP contribution is -2.31. The minimum Gasteiger partial charge on any atom is -0.504 e. The van der Waals surface area contributed by atoms with E-state index in [2.05, 4.69) is 47.8 Å². The monoisotopic (exact) mass is 305 g/mol. The smallest absolute Gasteiger partial charge is 0.157 e. The van der Waals surface area contributed by atoms with Crippen LogP contribution in [0.3, 0.4) is 0 Å². The minimum atomic E-state index is -0.0460. The molecule has 0 fully saturated rings. The normalized spacial score (nSPS) is 17.1. The Balaban J connectivity index is 1.74. The van der Waals surface area contributed by atoms with Crippen LogP contribution < -0.4 is 5.32 Å². The van der Waals surface area contributed by atoms with Gasteiger partial charge in [-0.1, -0.05) is 42.5 Å². The Bertz CT molecular complexity index is 867. The summed E-state index contributed by atoms with van der Waals surface area (Å²) >= 11 is 0. The van der Waals surface area contributed by atoms with Crippen LogP contribution in [0.25, 0.3) is 10.8 Å². The molecule has 1 heterocycles. The standard InChI is InChI=1S/C20H19NO2/c22-19-11-15-8-9-21-18(17(15)12-20(19)23)10-14-6-3-5-13-4-1-2-7-16(13)14/h1-7,11-12,18,21-23H,8-10H2. The van der Waals surface area contributed by atoms with Crippen molar-refractivity contribution in [2.75, 3.05) is 6.54 Å². The summed E-state index contributed by atoms with van der Waals surface area (Å²) in [5.41, 5.74) is 3.49. The maximum atomic E-state index is 9.85. The van der Waals surface area contributed by atoms with Crippen molar-refractivity contribution >= 4 is 10.8 Å². The summed E-state index contributed by atoms with van der Waals surface area (Å²) < 4.78 is 0. The fraction of sp³-hybridized carbons (Fsp3) is 0.200. The fourth-order valence-electron chi connectivity index (χ4n) is 3.54. The van der Waals surface area contributed by atoms with Gasteiger partial charge in [0.05, 0.1) is 0 Å². The van der Waals surface area contributed by atoms with E-state index in [-0.39, 0.29) is 17.5 Å². The van der Waals surface area contributed by atoms with Gasteiger partial charge >= 0.3 is 0 Å². The number of hydrogen-bond acceptors (Lipinski definition) is 3. The highest BCUT2D eigenvalue weighted by atomic mass is 16.3. The zero-order valence-electron chi connectivity index (χ0n) is 12.8. The van der Waals surface area contributed by atoms with E-state index in [0.717, 1.165) is 30.5 Å². The summed E-state index contributed by atoms with van der Waals surface area (Å²) in [4.78, 5) is 0. The highest BCUT2D eigenvalue weighted by Crippen LogP contribution is 2.35. The maximum Gasteiger partial charge on any atom is 0.157 e. The number of benzene rings is 3. The van der Waals surface area contributed by atoms with Crippen LogP contribution in [0.4, 0.5) is 0 Å². The fourth-order valence-corrected chi connectivity index (χ4v) is 3.54. The number of phenols is 2. The van der Waals surface area contributed by atoms with Crippen LogP contribution in [-0.4, -0.2) is 16.8 Å². The van der Waals surface area contributed by atoms with Gasteiger partial charge in [-0.15, -0.1) is 0 Å². The van der Waals surface area contributed by atoms with Gasteiger partial charge in [-0.05, 0) is 59.0 Å². The van der Waals surface area contributed by atoms with Crippen LogP contribution in [0.5, 0.6) is 11.5 Å². The molecule has 3 aromatic rings. The van der Waals surface area contributed by atoms with E-state index in [1.165, 1.54) is 16.3 Å². The Morgan fingerprint density at radius 2 is 1.74 bits per heavy atom. The molecule has 0 aliphatic carbocycles. The second-order valence-corrected chi connectivity index (χ2v) is 6.14. The number of rotatable bonds is 2. The van der Waals surface area contributed by atoms with E-state index < -0.39 is 0 Å². The highest BCUT2D eigenvalue weighted by molar-refractivity contribution is 5.85. The summed E-state index contributed by atoms with van der Waals surface area (Å²) in [6.07, 6.45) is 1.73. The summed E-state index contributed by atoms with van der Waals surface area (Å²) in [6, 6.07) is 18.3. The van der Waals surface area contributed by atoms with Crippen molar-refractivity contribution in [3.63, 3.8) is 0 Å². The quantitative estimate of drug-likeness (QED) is 0.633. The van der Waals surface area contributed by atoms with Crippen molar-refractivity contribution in [3.8, 4) is 11.5 Å². The molecular formula is C20H19NO2. The molecule has 1 aliphatic rings. The SMILES string of the molecule is Oc1cc2c(cc1O)C(Cc1cccc3ccccc13)NCC2. The summed E-state index contributed by atoms with van der Waals surface area (Å²) in [7, 11) is 0. The minimum absolute atomic E-state index is 0.0328. The van der Waals surface area contributed by atoms with E-state index in [9.17, 15) is 10.2 Å². The van der Waals surface area contributed by atoms with Gasteiger partial charge in [0, 0.05) is 6.04 Å². The molecular weight excluding hydrogens is 286 g/mol. The van der Waals surface area contributed by atoms with E-state index in [1.54, 1.807) is 12.1 Å². The first kappa shape index (κ1) is 14.1. The van der Waals surface area contributed by atoms with Crippen LogP contribution in [0.1, 0.15) is 22.7 Å². The van der Waals surface area contributed by atoms with Gasteiger partial charge in [-0.3, -0.25) is 0 Å². The van der Waals surface area contributed by atoms with E-state index in [1.807, 2.05) is 0 Å². The van der Waals surface area contributed by atoms with Crippen molar-refractivity contribution in [1.82, 2.24) is 5.32 Å². The Labute approximate surface area is 135 Å². The zero-order chi connectivity index (χ0) is 15.8. The lowest BCUT2D eigenvalue weighted by atomic mass is 9.88. The van der Waals surface area contributed by atoms with Crippen molar-refractivity contribution in [1.29, 1.82) is 0 Å². The molecule has 4 rings (SSSR count). The molecule has 3 nitrogen and oxygen atoms in total. The molecule has 0 aromatic heterocycles. The van der Waals surface area contributed by atoms with Gasteiger partial charge in [0.25, 0.3) is 0 Å². The molecule has 0 amide bonds. The predicted octanol–water partition coefficient (Wildman–Crippen LogP) is 3.68. The molecule has 0 saturated carbocycles. The highest BCUT2D eigenvalue weighted by Gasteiger charge is 2.22. The largest absolute Gasteiger partial charge is 0.504 e. The Morgan fingerprint density at radius 1 is 0.957 bits per heavy atom. The van der Waals surface area contributed by atoms with E-state index in [4.69, 9.17) is 0 Å². The van der Waals surface area contributed by atoms with Crippen molar-refractivity contribution in [2.24, 2.45) is 0 Å². The van der Waals surface area contributed by atoms with Crippen LogP contribution in [0.2, 0.25) is 0 Å². The summed E-state index contributed by atoms with van der Waals surface area (Å²) in [5.74, 6) is -0.0788. The molecule has 116 valence electrons. The van der Waals surface area contributed by atoms with E-state index in [0.29, 0.717) is 0 Å². The molecule has 1 unspecified atom stereocenters. The van der Waals surface area contributed by atoms with Gasteiger partial charge in [0.2, 0.25) is 0 Å². The molecule has 0 bridgehead atoms. The Hall–Kier alpha value is -2.52. The first-order chi connectivity index (χ1) is 11.2. The number of phenolic OH excluding ortho intramolecular Hbond substituents is 2. The number of hydrogen-bond donors (Lipinski definition) is 3. The maximum absolute atomic E-state index is 9.85. The third kappa shape index (κ3) is 2.53. The molecule has 23 heavy (non-hydrogen) atoms. The second-order valence-electron chi connectivity index (χ2n) is 6.14. The van der Waals surface area contributed by atoms with Crippen LogP contribution in [-0.2, 0) is 12.8 Å². The van der Waals surface area contributed by atoms with Crippen molar-refractivity contribution in [3.05, 3.63) is 71.3 Å². The lowest BCUT2D eigenvalue weighted by molar-refractivity contribution is 0.398. The first-order valence-corrected chi connectivity index (χ1v) is 7.97. The topological polar surface area (TPSA) is 52.5 Å². The van der Waals surface area contributed by atoms with Crippen molar-refractivity contribution in [2.45, 2.75) is 18.9 Å². The third-order valence-electron chi connectivity index (χ3n) is 4.70. The lowest BCUT2D eigenvalue weighted by Gasteiger charge is -2.28. The van der Waals surface area contributed by atoms with Crippen molar-refractivity contribution < 1.29 is 10.2 Å². The zero-order valence-corrected chi connectivity index (χ0v) is 12.8. The van der Waals surface area contributed by atoms with Gasteiger partial charge in [-0.2, -0.15) is 0 Å².